The first-order valence-electron chi connectivity index (χ1n) is 12.4. The second kappa shape index (κ2) is 10.1. The molecular formula is C27H26N8O4. The molecule has 39 heavy (non-hydrogen) atoms. The summed E-state index contributed by atoms with van der Waals surface area (Å²) in [6, 6.07) is 14.6. The first-order chi connectivity index (χ1) is 19.0. The number of aromatic nitrogens is 5. The third-order valence-corrected chi connectivity index (χ3v) is 6.23. The van der Waals surface area contributed by atoms with E-state index in [4.69, 9.17) is 9.47 Å². The number of hydrogen-bond acceptors (Lipinski definition) is 9. The van der Waals surface area contributed by atoms with Crippen LogP contribution in [0.5, 0.6) is 11.5 Å². The number of H-pyrrole nitrogens is 1. The molecule has 0 fully saturated rings. The van der Waals surface area contributed by atoms with Crippen LogP contribution in [0.25, 0.3) is 27.6 Å². The number of likely N-dealkylation sites (N-methyl/N-ethyl adjacent to an activating group) is 1. The Bertz CT molecular complexity index is 1730. The van der Waals surface area contributed by atoms with Crippen molar-refractivity contribution in [2.24, 2.45) is 0 Å². The molecule has 6 rings (SSSR count). The zero-order valence-electron chi connectivity index (χ0n) is 21.3. The van der Waals surface area contributed by atoms with Crippen LogP contribution < -0.4 is 25.7 Å². The van der Waals surface area contributed by atoms with Crippen LogP contribution in [0, 0.1) is 0 Å². The lowest BCUT2D eigenvalue weighted by atomic mass is 10.2. The van der Waals surface area contributed by atoms with Crippen LogP contribution >= 0.6 is 0 Å². The summed E-state index contributed by atoms with van der Waals surface area (Å²) < 4.78 is 13.6. The van der Waals surface area contributed by atoms with Gasteiger partial charge in [-0.2, -0.15) is 10.1 Å². The Kier molecular flexibility index (Phi) is 6.29. The van der Waals surface area contributed by atoms with E-state index in [-0.39, 0.29) is 24.1 Å². The number of rotatable bonds is 7. The Morgan fingerprint density at radius 2 is 1.97 bits per heavy atom. The van der Waals surface area contributed by atoms with Crippen molar-refractivity contribution in [3.8, 4) is 17.2 Å². The number of fused-ring (bicyclic) bond motifs is 4. The second-order valence-electron chi connectivity index (χ2n) is 9.44. The smallest absolute Gasteiger partial charge is 0.267 e. The number of pyridine rings is 1. The van der Waals surface area contributed by atoms with Gasteiger partial charge < -0.3 is 25.0 Å². The van der Waals surface area contributed by atoms with E-state index in [1.165, 1.54) is 6.20 Å². The topological polar surface area (TPSA) is 139 Å². The molecule has 0 saturated carbocycles. The fourth-order valence-corrected chi connectivity index (χ4v) is 4.48. The minimum atomic E-state index is -0.308. The van der Waals surface area contributed by atoms with Crippen LogP contribution in [0.2, 0.25) is 0 Å². The number of anilines is 2. The first kappa shape index (κ1) is 24.4. The highest BCUT2D eigenvalue weighted by Gasteiger charge is 2.22. The maximum atomic E-state index is 13.3. The van der Waals surface area contributed by atoms with Gasteiger partial charge in [0, 0.05) is 18.0 Å². The van der Waals surface area contributed by atoms with Crippen LogP contribution in [0.15, 0.2) is 65.7 Å². The lowest BCUT2D eigenvalue weighted by molar-refractivity contribution is -0.116. The molecule has 5 aromatic rings. The van der Waals surface area contributed by atoms with E-state index in [1.54, 1.807) is 33.9 Å². The summed E-state index contributed by atoms with van der Waals surface area (Å²) in [6.45, 7) is 0.952. The Labute approximate surface area is 222 Å². The molecule has 0 radical (unpaired) electrons. The number of benzene rings is 2. The average molecular weight is 527 g/mol. The fraction of sp³-hybridized carbons (Fsp3) is 0.222. The number of nitrogens with one attached hydrogen (secondary N) is 3. The van der Waals surface area contributed by atoms with Crippen molar-refractivity contribution in [2.45, 2.75) is 6.10 Å². The van der Waals surface area contributed by atoms with Crippen molar-refractivity contribution in [2.75, 3.05) is 44.4 Å². The molecule has 0 bridgehead atoms. The Morgan fingerprint density at radius 3 is 2.79 bits per heavy atom. The number of ether oxygens (including phenoxy) is 2. The van der Waals surface area contributed by atoms with Gasteiger partial charge in [0.25, 0.3) is 5.56 Å². The maximum absolute atomic E-state index is 13.3. The Hall–Kier alpha value is -4.97. The van der Waals surface area contributed by atoms with Gasteiger partial charge in [-0.15, -0.1) is 0 Å². The predicted octanol–water partition coefficient (Wildman–Crippen LogP) is 2.41. The highest BCUT2D eigenvalue weighted by molar-refractivity contribution is 6.02. The van der Waals surface area contributed by atoms with Gasteiger partial charge in [0.05, 0.1) is 41.3 Å². The van der Waals surface area contributed by atoms with Gasteiger partial charge in [0.1, 0.15) is 12.7 Å². The molecule has 1 unspecified atom stereocenters. The molecule has 1 aliphatic heterocycles. The molecular weight excluding hydrogens is 500 g/mol. The van der Waals surface area contributed by atoms with Gasteiger partial charge in [-0.3, -0.25) is 19.3 Å². The van der Waals surface area contributed by atoms with E-state index in [2.05, 4.69) is 30.8 Å². The van der Waals surface area contributed by atoms with Crippen molar-refractivity contribution in [1.82, 2.24) is 29.6 Å². The molecule has 0 saturated heterocycles. The monoisotopic (exact) mass is 526 g/mol. The highest BCUT2D eigenvalue weighted by Crippen LogP contribution is 2.34. The van der Waals surface area contributed by atoms with Crippen LogP contribution in [0.4, 0.5) is 11.6 Å². The van der Waals surface area contributed by atoms with E-state index in [0.717, 1.165) is 0 Å². The van der Waals surface area contributed by atoms with Crippen molar-refractivity contribution in [3.63, 3.8) is 0 Å². The average Bonchev–Trinajstić information content (AvgIpc) is 3.43. The second-order valence-corrected chi connectivity index (χ2v) is 9.44. The molecule has 1 amide bonds. The summed E-state index contributed by atoms with van der Waals surface area (Å²) in [5.41, 5.74) is 2.15. The number of nitrogens with zero attached hydrogens (tertiary/aromatic N) is 5. The predicted molar refractivity (Wildman–Crippen MR) is 147 cm³/mol. The van der Waals surface area contributed by atoms with Gasteiger partial charge in [0.2, 0.25) is 11.9 Å². The number of amides is 1. The van der Waals surface area contributed by atoms with Crippen molar-refractivity contribution >= 4 is 39.5 Å². The Morgan fingerprint density at radius 1 is 1.13 bits per heavy atom. The van der Waals surface area contributed by atoms with E-state index >= 15 is 0 Å². The summed E-state index contributed by atoms with van der Waals surface area (Å²) in [5, 5.41) is 14.1. The van der Waals surface area contributed by atoms with Crippen molar-refractivity contribution in [3.05, 3.63) is 71.3 Å². The van der Waals surface area contributed by atoms with Gasteiger partial charge in [-0.25, -0.2) is 4.98 Å². The number of carbonyl (C=O) groups is 1. The molecule has 0 aliphatic carbocycles. The molecule has 4 heterocycles. The third kappa shape index (κ3) is 4.84. The van der Waals surface area contributed by atoms with Crippen LogP contribution in [0.1, 0.15) is 0 Å². The summed E-state index contributed by atoms with van der Waals surface area (Å²) in [6.07, 6.45) is 2.88. The molecule has 3 aromatic heterocycles. The van der Waals surface area contributed by atoms with Gasteiger partial charge in [-0.1, -0.05) is 18.2 Å². The minimum absolute atomic E-state index is 0.111. The lowest BCUT2D eigenvalue weighted by Crippen LogP contribution is -2.35. The van der Waals surface area contributed by atoms with Gasteiger partial charge in [0.15, 0.2) is 17.1 Å². The van der Waals surface area contributed by atoms with Crippen molar-refractivity contribution < 1.29 is 14.3 Å². The Balaban J connectivity index is 1.21. The minimum Gasteiger partial charge on any atom is -0.486 e. The molecule has 3 N–H and O–H groups in total. The molecule has 0 spiro atoms. The molecule has 2 aromatic carbocycles. The summed E-state index contributed by atoms with van der Waals surface area (Å²) >= 11 is 0. The number of para-hydroxylation sites is 1. The summed E-state index contributed by atoms with van der Waals surface area (Å²) in [4.78, 5) is 36.3. The maximum Gasteiger partial charge on any atom is 0.267 e. The summed E-state index contributed by atoms with van der Waals surface area (Å²) in [5.74, 6) is 1.38. The molecule has 12 heteroatoms. The third-order valence-electron chi connectivity index (χ3n) is 6.23. The largest absolute Gasteiger partial charge is 0.486 e. The van der Waals surface area contributed by atoms with E-state index in [1.807, 2.05) is 44.4 Å². The highest BCUT2D eigenvalue weighted by atomic mass is 16.6. The van der Waals surface area contributed by atoms with E-state index in [0.29, 0.717) is 63.9 Å². The summed E-state index contributed by atoms with van der Waals surface area (Å²) in [7, 11) is 3.67. The van der Waals surface area contributed by atoms with E-state index < -0.39 is 0 Å². The molecule has 1 aliphatic rings. The van der Waals surface area contributed by atoms with Crippen LogP contribution in [0.3, 0.4) is 0 Å². The van der Waals surface area contributed by atoms with Crippen LogP contribution in [-0.2, 0) is 4.79 Å². The zero-order valence-corrected chi connectivity index (χ0v) is 21.3. The number of hydrogen-bond donors (Lipinski definition) is 3. The van der Waals surface area contributed by atoms with Gasteiger partial charge >= 0.3 is 0 Å². The molecule has 12 nitrogen and oxygen atoms in total. The zero-order chi connectivity index (χ0) is 26.9. The fourth-order valence-electron chi connectivity index (χ4n) is 4.48. The normalized spacial score (nSPS) is 14.6. The van der Waals surface area contributed by atoms with E-state index in [9.17, 15) is 9.59 Å². The lowest BCUT2D eigenvalue weighted by Gasteiger charge is -2.27. The standard InChI is InChI=1S/C27H26N8O4/c1-34(2)14-23(36)31-16-8-9-21-22(10-16)38-15-18(39-21)11-28-27-29-12-19-24-20(13-30-33-24)26(37)35(25(19)32-27)17-6-4-3-5-7-17/h3-10,12-13,18H,11,14-15H2,1-2H3,(H,30,33)(H,31,36)(H,28,29,32). The van der Waals surface area contributed by atoms with Crippen molar-refractivity contribution in [1.29, 1.82) is 0 Å². The molecule has 1 atom stereocenters. The van der Waals surface area contributed by atoms with Crippen LogP contribution in [-0.4, -0.2) is 75.4 Å². The van der Waals surface area contributed by atoms with Gasteiger partial charge in [-0.05, 0) is 38.4 Å². The SMILES string of the molecule is CN(C)CC(=O)Nc1ccc2c(c1)OCC(CNc1ncc3c4[nH]ncc4c(=O)n(-c4ccccc4)c3n1)O2. The quantitative estimate of drug-likeness (QED) is 0.292. The molecule has 198 valence electrons. The number of aromatic amines is 1. The first-order valence-corrected chi connectivity index (χ1v) is 12.4. The number of carbonyl (C=O) groups excluding carboxylic acids is 1.